The Kier molecular flexibility index (Phi) is 4.95. The molecule has 0 saturated carbocycles. The van der Waals surface area contributed by atoms with Crippen molar-refractivity contribution in [2.75, 3.05) is 5.32 Å². The van der Waals surface area contributed by atoms with Crippen LogP contribution in [0.4, 0.5) is 19.0 Å². The number of alkyl halides is 3. The lowest BCUT2D eigenvalue weighted by molar-refractivity contribution is -0.141. The van der Waals surface area contributed by atoms with Crippen molar-refractivity contribution in [1.29, 1.82) is 0 Å². The Balaban J connectivity index is 1.95. The zero-order valence-corrected chi connectivity index (χ0v) is 15.0. The molecule has 0 fully saturated rings. The molecule has 28 heavy (non-hydrogen) atoms. The number of carbonyl (C=O) groups excluding carboxylic acids is 1. The minimum absolute atomic E-state index is 0.0283. The summed E-state index contributed by atoms with van der Waals surface area (Å²) in [5, 5.41) is 17.1. The van der Waals surface area contributed by atoms with E-state index in [4.69, 9.17) is 0 Å². The van der Waals surface area contributed by atoms with Crippen LogP contribution in [0.15, 0.2) is 54.7 Å². The van der Waals surface area contributed by atoms with Crippen molar-refractivity contribution in [1.82, 2.24) is 14.8 Å². The number of anilines is 1. The van der Waals surface area contributed by atoms with Gasteiger partial charge in [0, 0.05) is 11.8 Å². The Morgan fingerprint density at radius 3 is 2.36 bits per heavy atom. The van der Waals surface area contributed by atoms with E-state index in [2.05, 4.69) is 15.4 Å². The highest BCUT2D eigenvalue weighted by molar-refractivity contribution is 6.02. The number of aromatic nitrogens is 3. The normalized spacial score (nSPS) is 12.1. The second-order valence-electron chi connectivity index (χ2n) is 6.59. The number of nitrogens with zero attached hydrogens (tertiary/aromatic N) is 3. The van der Waals surface area contributed by atoms with Gasteiger partial charge in [0.15, 0.2) is 5.82 Å². The predicted octanol–water partition coefficient (Wildman–Crippen LogP) is 3.77. The van der Waals surface area contributed by atoms with Gasteiger partial charge >= 0.3 is 6.18 Å². The molecule has 0 aliphatic heterocycles. The molecule has 3 aromatic rings. The lowest BCUT2D eigenvalue weighted by Crippen LogP contribution is -2.21. The maximum Gasteiger partial charge on any atom is 0.433 e. The molecule has 0 saturated heterocycles. The third-order valence-corrected chi connectivity index (χ3v) is 3.90. The van der Waals surface area contributed by atoms with Gasteiger partial charge in [-0.25, -0.2) is 9.67 Å². The first-order valence-electron chi connectivity index (χ1n) is 8.29. The van der Waals surface area contributed by atoms with Crippen LogP contribution in [-0.2, 0) is 11.8 Å². The summed E-state index contributed by atoms with van der Waals surface area (Å²) in [6.45, 7) is 3.02. The third kappa shape index (κ3) is 4.20. The van der Waals surface area contributed by atoms with Crippen LogP contribution in [-0.4, -0.2) is 25.8 Å². The average molecular weight is 390 g/mol. The molecule has 0 radical (unpaired) electrons. The Labute approximate surface area is 158 Å². The van der Waals surface area contributed by atoms with Crippen LogP contribution in [0.25, 0.3) is 5.69 Å². The predicted molar refractivity (Wildman–Crippen MR) is 96.0 cm³/mol. The van der Waals surface area contributed by atoms with Crippen molar-refractivity contribution in [2.45, 2.75) is 25.6 Å². The summed E-state index contributed by atoms with van der Waals surface area (Å²) in [7, 11) is 0. The van der Waals surface area contributed by atoms with E-state index in [1.165, 1.54) is 24.6 Å². The van der Waals surface area contributed by atoms with Crippen molar-refractivity contribution in [3.8, 4) is 5.69 Å². The summed E-state index contributed by atoms with van der Waals surface area (Å²) >= 11 is 0. The van der Waals surface area contributed by atoms with Gasteiger partial charge in [-0.05, 0) is 38.1 Å². The molecule has 1 amide bonds. The number of halogens is 3. The first kappa shape index (κ1) is 19.6. The lowest BCUT2D eigenvalue weighted by Gasteiger charge is -2.17. The monoisotopic (exact) mass is 390 g/mol. The van der Waals surface area contributed by atoms with E-state index in [1.54, 1.807) is 30.5 Å². The molecule has 0 bridgehead atoms. The number of nitrogens with one attached hydrogen (secondary N) is 1. The second kappa shape index (κ2) is 7.08. The van der Waals surface area contributed by atoms with Gasteiger partial charge in [-0.15, -0.1) is 5.10 Å². The van der Waals surface area contributed by atoms with Crippen LogP contribution in [0, 0.1) is 0 Å². The molecule has 0 aliphatic rings. The van der Waals surface area contributed by atoms with E-state index >= 15 is 0 Å². The quantitative estimate of drug-likeness (QED) is 0.711. The minimum atomic E-state index is -4.66. The van der Waals surface area contributed by atoms with Crippen LogP contribution < -0.4 is 5.32 Å². The van der Waals surface area contributed by atoms with Gasteiger partial charge in [-0.3, -0.25) is 4.79 Å². The highest BCUT2D eigenvalue weighted by atomic mass is 19.4. The number of carbonyl (C=O) groups is 1. The van der Waals surface area contributed by atoms with Crippen molar-refractivity contribution in [3.63, 3.8) is 0 Å². The van der Waals surface area contributed by atoms with Gasteiger partial charge in [0.1, 0.15) is 11.4 Å². The molecule has 3 rings (SSSR count). The average Bonchev–Trinajstić information content (AvgIpc) is 3.06. The maximum absolute atomic E-state index is 12.8. The summed E-state index contributed by atoms with van der Waals surface area (Å²) in [6, 6.07) is 12.0. The SMILES string of the molecule is CC(C)(O)c1cn(-c2ccccc2)nc1NC(=O)c1cccc(C(F)(F)F)n1. The van der Waals surface area contributed by atoms with E-state index in [9.17, 15) is 23.1 Å². The van der Waals surface area contributed by atoms with E-state index < -0.39 is 29.1 Å². The zero-order chi connectivity index (χ0) is 20.5. The summed E-state index contributed by atoms with van der Waals surface area (Å²) in [4.78, 5) is 15.8. The number of amides is 1. The Bertz CT molecular complexity index is 992. The van der Waals surface area contributed by atoms with Crippen LogP contribution in [0.5, 0.6) is 0 Å². The lowest BCUT2D eigenvalue weighted by atomic mass is 10.0. The molecular weight excluding hydrogens is 373 g/mol. The summed E-state index contributed by atoms with van der Waals surface area (Å²) < 4.78 is 39.9. The van der Waals surface area contributed by atoms with Gasteiger partial charge in [-0.2, -0.15) is 13.2 Å². The molecule has 9 heteroatoms. The van der Waals surface area contributed by atoms with Gasteiger partial charge in [-0.1, -0.05) is 24.3 Å². The summed E-state index contributed by atoms with van der Waals surface area (Å²) in [5.74, 6) is -0.838. The first-order valence-corrected chi connectivity index (χ1v) is 8.29. The van der Waals surface area contributed by atoms with Gasteiger partial charge in [0.25, 0.3) is 5.91 Å². The smallest absolute Gasteiger partial charge is 0.386 e. The van der Waals surface area contributed by atoms with Gasteiger partial charge in [0.05, 0.1) is 11.3 Å². The zero-order valence-electron chi connectivity index (χ0n) is 15.0. The summed E-state index contributed by atoms with van der Waals surface area (Å²) in [6.07, 6.45) is -3.12. The fraction of sp³-hybridized carbons (Fsp3) is 0.211. The van der Waals surface area contributed by atoms with Crippen molar-refractivity contribution in [2.24, 2.45) is 0 Å². The van der Waals surface area contributed by atoms with E-state index in [0.29, 0.717) is 11.3 Å². The first-order chi connectivity index (χ1) is 13.1. The Morgan fingerprint density at radius 1 is 1.07 bits per heavy atom. The van der Waals surface area contributed by atoms with Crippen molar-refractivity contribution >= 4 is 11.7 Å². The Morgan fingerprint density at radius 2 is 1.75 bits per heavy atom. The fourth-order valence-electron chi connectivity index (χ4n) is 2.52. The Hall–Kier alpha value is -3.20. The van der Waals surface area contributed by atoms with Crippen LogP contribution in [0.3, 0.4) is 0 Å². The maximum atomic E-state index is 12.8. The van der Waals surface area contributed by atoms with E-state index in [0.717, 1.165) is 12.1 Å². The topological polar surface area (TPSA) is 80.0 Å². The van der Waals surface area contributed by atoms with Crippen molar-refractivity contribution in [3.05, 3.63) is 71.7 Å². The number of hydrogen-bond donors (Lipinski definition) is 2. The van der Waals surface area contributed by atoms with Crippen LogP contribution >= 0.6 is 0 Å². The third-order valence-electron chi connectivity index (χ3n) is 3.90. The molecule has 0 spiro atoms. The molecule has 6 nitrogen and oxygen atoms in total. The molecule has 2 heterocycles. The molecule has 2 N–H and O–H groups in total. The van der Waals surface area contributed by atoms with Crippen LogP contribution in [0.2, 0.25) is 0 Å². The van der Waals surface area contributed by atoms with Crippen LogP contribution in [0.1, 0.15) is 35.6 Å². The molecule has 2 aromatic heterocycles. The molecule has 0 atom stereocenters. The molecule has 0 aliphatic carbocycles. The number of aliphatic hydroxyl groups is 1. The number of benzene rings is 1. The highest BCUT2D eigenvalue weighted by Gasteiger charge is 2.33. The van der Waals surface area contributed by atoms with E-state index in [-0.39, 0.29) is 5.82 Å². The standard InChI is InChI=1S/C19H17F3N4O2/c1-18(2,28)13-11-26(12-7-4-3-5-8-12)25-16(13)24-17(27)14-9-6-10-15(23-14)19(20,21)22/h3-11,28H,1-2H3,(H,24,25,27). The minimum Gasteiger partial charge on any atom is -0.386 e. The fourth-order valence-corrected chi connectivity index (χ4v) is 2.52. The molecule has 0 unspecified atom stereocenters. The molecular formula is C19H17F3N4O2. The van der Waals surface area contributed by atoms with Crippen molar-refractivity contribution < 1.29 is 23.1 Å². The molecule has 1 aromatic carbocycles. The van der Waals surface area contributed by atoms with Gasteiger partial charge in [0.2, 0.25) is 0 Å². The number of pyridine rings is 1. The number of hydrogen-bond acceptors (Lipinski definition) is 4. The number of rotatable bonds is 4. The molecule has 146 valence electrons. The summed E-state index contributed by atoms with van der Waals surface area (Å²) in [5.41, 5.74) is -1.94. The number of para-hydroxylation sites is 1. The largest absolute Gasteiger partial charge is 0.433 e. The highest BCUT2D eigenvalue weighted by Crippen LogP contribution is 2.29. The van der Waals surface area contributed by atoms with Gasteiger partial charge < -0.3 is 10.4 Å². The second-order valence-corrected chi connectivity index (χ2v) is 6.59. The van der Waals surface area contributed by atoms with E-state index in [1.807, 2.05) is 6.07 Å².